The minimum Gasteiger partial charge on any atom is -0.480 e. The molecule has 1 atom stereocenters. The number of nitrogens with zero attached hydrogens (tertiary/aromatic N) is 3. The molecular weight excluding hydrogens is 309 g/mol. The van der Waals surface area contributed by atoms with Crippen LogP contribution in [-0.2, 0) is 4.79 Å². The van der Waals surface area contributed by atoms with E-state index in [-0.39, 0.29) is 17.3 Å². The molecule has 0 saturated heterocycles. The molecule has 3 rings (SSSR count). The second kappa shape index (κ2) is 6.03. The molecule has 0 aliphatic heterocycles. The number of aromatic nitrogens is 3. The molecule has 0 spiro atoms. The molecule has 5 nitrogen and oxygen atoms in total. The lowest BCUT2D eigenvalue weighted by atomic mass is 10.0. The van der Waals surface area contributed by atoms with Crippen molar-refractivity contribution in [3.63, 3.8) is 0 Å². The summed E-state index contributed by atoms with van der Waals surface area (Å²) in [5.74, 6) is -1.38. The quantitative estimate of drug-likeness (QED) is 0.791. The van der Waals surface area contributed by atoms with Gasteiger partial charge in [-0.25, -0.2) is 19.2 Å². The minimum absolute atomic E-state index is 0.214. The summed E-state index contributed by atoms with van der Waals surface area (Å²) >= 11 is 0. The van der Waals surface area contributed by atoms with E-state index < -0.39 is 17.8 Å². The van der Waals surface area contributed by atoms with E-state index in [2.05, 4.69) is 9.97 Å². The Hall–Kier alpha value is -2.76. The van der Waals surface area contributed by atoms with E-state index in [4.69, 9.17) is 0 Å². The van der Waals surface area contributed by atoms with Crippen LogP contribution < -0.4 is 0 Å². The van der Waals surface area contributed by atoms with Gasteiger partial charge in [0.1, 0.15) is 23.2 Å². The normalized spacial score (nSPS) is 12.7. The number of benzene rings is 1. The first-order valence-corrected chi connectivity index (χ1v) is 7.72. The summed E-state index contributed by atoms with van der Waals surface area (Å²) in [6, 6.07) is 7.15. The van der Waals surface area contributed by atoms with Gasteiger partial charge in [-0.3, -0.25) is 4.57 Å². The first-order chi connectivity index (χ1) is 11.4. The molecule has 0 aliphatic rings. The van der Waals surface area contributed by atoms with Crippen LogP contribution in [0.1, 0.15) is 25.5 Å². The largest absolute Gasteiger partial charge is 0.480 e. The number of carboxylic acid groups (broad SMARTS) is 1. The molecule has 1 N–H and O–H groups in total. The highest BCUT2D eigenvalue weighted by Gasteiger charge is 2.30. The molecule has 24 heavy (non-hydrogen) atoms. The predicted octanol–water partition coefficient (Wildman–Crippen LogP) is 3.83. The third-order valence-electron chi connectivity index (χ3n) is 3.94. The van der Waals surface area contributed by atoms with Gasteiger partial charge < -0.3 is 5.11 Å². The summed E-state index contributed by atoms with van der Waals surface area (Å²) in [6.07, 6.45) is 1.66. The van der Waals surface area contributed by atoms with Crippen LogP contribution in [0.25, 0.3) is 22.6 Å². The van der Waals surface area contributed by atoms with E-state index in [9.17, 15) is 14.3 Å². The zero-order valence-electron chi connectivity index (χ0n) is 13.7. The Morgan fingerprint density at radius 1 is 1.29 bits per heavy atom. The van der Waals surface area contributed by atoms with Crippen LogP contribution in [0.3, 0.4) is 0 Å². The maximum Gasteiger partial charge on any atom is 0.327 e. The Balaban J connectivity index is 2.38. The van der Waals surface area contributed by atoms with Gasteiger partial charge in [-0.2, -0.15) is 0 Å². The van der Waals surface area contributed by atoms with Gasteiger partial charge in [0.25, 0.3) is 0 Å². The van der Waals surface area contributed by atoms with E-state index in [1.807, 2.05) is 26.8 Å². The van der Waals surface area contributed by atoms with Crippen LogP contribution in [0.2, 0.25) is 0 Å². The number of aryl methyl sites for hydroxylation is 1. The van der Waals surface area contributed by atoms with Crippen LogP contribution in [0, 0.1) is 18.7 Å². The summed E-state index contributed by atoms with van der Waals surface area (Å²) in [6.45, 7) is 5.50. The van der Waals surface area contributed by atoms with Gasteiger partial charge >= 0.3 is 5.97 Å². The molecule has 0 saturated carbocycles. The summed E-state index contributed by atoms with van der Waals surface area (Å²) in [5.41, 5.74) is 2.17. The number of rotatable bonds is 4. The standard InChI is InChI=1S/C18H18FN3O2/c1-10(2)15(18(23)24)22-16(12-6-4-5-7-13(12)19)21-14-8-11(3)9-20-17(14)22/h4-10,15H,1-3H3,(H,23,24). The minimum atomic E-state index is -0.996. The highest BCUT2D eigenvalue weighted by molar-refractivity contribution is 5.82. The molecule has 3 aromatic rings. The number of aliphatic carboxylic acids is 1. The zero-order valence-corrected chi connectivity index (χ0v) is 13.7. The van der Waals surface area contributed by atoms with Crippen molar-refractivity contribution in [1.29, 1.82) is 0 Å². The smallest absolute Gasteiger partial charge is 0.327 e. The molecule has 0 bridgehead atoms. The van der Waals surface area contributed by atoms with Gasteiger partial charge in [0.2, 0.25) is 0 Å². The number of carbonyl (C=O) groups is 1. The highest BCUT2D eigenvalue weighted by Crippen LogP contribution is 2.32. The topological polar surface area (TPSA) is 68.0 Å². The number of pyridine rings is 1. The Kier molecular flexibility index (Phi) is 4.05. The SMILES string of the molecule is Cc1cnc2c(c1)nc(-c1ccccc1F)n2C(C(=O)O)C(C)C. The second-order valence-corrected chi connectivity index (χ2v) is 6.17. The molecular formula is C18H18FN3O2. The Bertz CT molecular complexity index is 918. The van der Waals surface area contributed by atoms with Crippen LogP contribution in [0.4, 0.5) is 4.39 Å². The summed E-state index contributed by atoms with van der Waals surface area (Å²) in [4.78, 5) is 20.7. The average Bonchev–Trinajstić information content (AvgIpc) is 2.85. The number of hydrogen-bond acceptors (Lipinski definition) is 3. The van der Waals surface area contributed by atoms with Gasteiger partial charge in [-0.15, -0.1) is 0 Å². The second-order valence-electron chi connectivity index (χ2n) is 6.17. The average molecular weight is 327 g/mol. The van der Waals surface area contributed by atoms with Crippen molar-refractivity contribution in [2.45, 2.75) is 26.8 Å². The van der Waals surface area contributed by atoms with E-state index in [1.54, 1.807) is 24.4 Å². The Morgan fingerprint density at radius 2 is 2.00 bits per heavy atom. The number of hydrogen-bond donors (Lipinski definition) is 1. The van der Waals surface area contributed by atoms with Gasteiger partial charge in [0.15, 0.2) is 5.65 Å². The fraction of sp³-hybridized carbons (Fsp3) is 0.278. The zero-order chi connectivity index (χ0) is 17.4. The van der Waals surface area contributed by atoms with E-state index in [1.165, 1.54) is 10.6 Å². The predicted molar refractivity (Wildman–Crippen MR) is 89.2 cm³/mol. The first-order valence-electron chi connectivity index (χ1n) is 7.72. The number of carboxylic acids is 1. The molecule has 0 amide bonds. The molecule has 2 heterocycles. The maximum atomic E-state index is 14.3. The summed E-state index contributed by atoms with van der Waals surface area (Å²) in [5, 5.41) is 9.70. The van der Waals surface area contributed by atoms with Gasteiger partial charge in [0, 0.05) is 6.20 Å². The lowest BCUT2D eigenvalue weighted by molar-refractivity contribution is -0.142. The third-order valence-corrected chi connectivity index (χ3v) is 3.94. The molecule has 1 unspecified atom stereocenters. The number of imidazole rings is 1. The van der Waals surface area contributed by atoms with Crippen LogP contribution in [0.15, 0.2) is 36.5 Å². The van der Waals surface area contributed by atoms with E-state index in [0.717, 1.165) is 5.56 Å². The summed E-state index contributed by atoms with van der Waals surface area (Å²) in [7, 11) is 0. The van der Waals surface area contributed by atoms with Crippen molar-refractivity contribution in [1.82, 2.24) is 14.5 Å². The first kappa shape index (κ1) is 16.1. The highest BCUT2D eigenvalue weighted by atomic mass is 19.1. The Morgan fingerprint density at radius 3 is 2.62 bits per heavy atom. The van der Waals surface area contributed by atoms with Crippen molar-refractivity contribution in [2.24, 2.45) is 5.92 Å². The van der Waals surface area contributed by atoms with Crippen molar-refractivity contribution >= 4 is 17.1 Å². The van der Waals surface area contributed by atoms with Crippen molar-refractivity contribution in [3.05, 3.63) is 47.9 Å². The lowest BCUT2D eigenvalue weighted by Crippen LogP contribution is -2.25. The van der Waals surface area contributed by atoms with Crippen LogP contribution in [-0.4, -0.2) is 25.6 Å². The van der Waals surface area contributed by atoms with Crippen molar-refractivity contribution in [2.75, 3.05) is 0 Å². The van der Waals surface area contributed by atoms with Crippen LogP contribution in [0.5, 0.6) is 0 Å². The molecule has 0 radical (unpaired) electrons. The fourth-order valence-electron chi connectivity index (χ4n) is 2.87. The molecule has 2 aromatic heterocycles. The van der Waals surface area contributed by atoms with Gasteiger partial charge in [-0.05, 0) is 36.6 Å². The molecule has 1 aromatic carbocycles. The van der Waals surface area contributed by atoms with Crippen LogP contribution >= 0.6 is 0 Å². The Labute approximate surface area is 138 Å². The number of halogens is 1. The fourth-order valence-corrected chi connectivity index (χ4v) is 2.87. The number of fused-ring (bicyclic) bond motifs is 1. The maximum absolute atomic E-state index is 14.3. The molecule has 0 aliphatic carbocycles. The van der Waals surface area contributed by atoms with E-state index >= 15 is 0 Å². The van der Waals surface area contributed by atoms with Gasteiger partial charge in [-0.1, -0.05) is 26.0 Å². The molecule has 6 heteroatoms. The molecule has 0 fully saturated rings. The monoisotopic (exact) mass is 327 g/mol. The lowest BCUT2D eigenvalue weighted by Gasteiger charge is -2.21. The third kappa shape index (κ3) is 2.64. The molecule has 124 valence electrons. The van der Waals surface area contributed by atoms with Crippen molar-refractivity contribution < 1.29 is 14.3 Å². The van der Waals surface area contributed by atoms with E-state index in [0.29, 0.717) is 11.2 Å². The summed E-state index contributed by atoms with van der Waals surface area (Å²) < 4.78 is 15.8. The van der Waals surface area contributed by atoms with Gasteiger partial charge in [0.05, 0.1) is 5.56 Å². The van der Waals surface area contributed by atoms with Crippen molar-refractivity contribution in [3.8, 4) is 11.4 Å².